The Bertz CT molecular complexity index is 896. The van der Waals surface area contributed by atoms with E-state index in [1.54, 1.807) is 0 Å². The van der Waals surface area contributed by atoms with Crippen LogP contribution in [-0.4, -0.2) is 20.2 Å². The topological polar surface area (TPSA) is 54.5 Å². The van der Waals surface area contributed by atoms with Crippen molar-refractivity contribution in [1.82, 2.24) is 20.2 Å². The van der Waals surface area contributed by atoms with Gasteiger partial charge in [0.15, 0.2) is 11.0 Å². The number of nitrogens with one attached hydrogen (secondary N) is 1. The van der Waals surface area contributed by atoms with Gasteiger partial charge < -0.3 is 4.98 Å². The van der Waals surface area contributed by atoms with Crippen molar-refractivity contribution in [2.24, 2.45) is 0 Å². The van der Waals surface area contributed by atoms with Gasteiger partial charge in [-0.05, 0) is 12.1 Å². The van der Waals surface area contributed by atoms with Crippen molar-refractivity contribution in [1.29, 1.82) is 0 Å². The van der Waals surface area contributed by atoms with Gasteiger partial charge in [-0.3, -0.25) is 0 Å². The van der Waals surface area contributed by atoms with E-state index >= 15 is 0 Å². The highest BCUT2D eigenvalue weighted by atomic mass is 35.5. The van der Waals surface area contributed by atoms with Crippen molar-refractivity contribution in [3.8, 4) is 11.5 Å². The van der Waals surface area contributed by atoms with Crippen LogP contribution in [0.5, 0.6) is 0 Å². The molecule has 0 bridgehead atoms. The van der Waals surface area contributed by atoms with E-state index in [2.05, 4.69) is 20.2 Å². The van der Waals surface area contributed by atoms with Crippen LogP contribution < -0.4 is 0 Å². The molecule has 0 amide bonds. The molecular formula is C15H9ClN4. The Labute approximate surface area is 119 Å². The molecule has 0 aliphatic carbocycles. The highest BCUT2D eigenvalue weighted by Crippen LogP contribution is 2.28. The second kappa shape index (κ2) is 4.28. The average Bonchev–Trinajstić information content (AvgIpc) is 2.91. The SMILES string of the molecule is Clc1nnc(-c2nc3ccccc3[nH]2)c2ccccc12. The fourth-order valence-corrected chi connectivity index (χ4v) is 2.51. The van der Waals surface area contributed by atoms with Gasteiger partial charge in [0.1, 0.15) is 5.69 Å². The predicted molar refractivity (Wildman–Crippen MR) is 79.6 cm³/mol. The van der Waals surface area contributed by atoms with Crippen LogP contribution in [0.4, 0.5) is 0 Å². The van der Waals surface area contributed by atoms with Crippen molar-refractivity contribution in [2.75, 3.05) is 0 Å². The van der Waals surface area contributed by atoms with Crippen molar-refractivity contribution in [2.45, 2.75) is 0 Å². The number of para-hydroxylation sites is 2. The van der Waals surface area contributed by atoms with E-state index in [0.717, 1.165) is 21.8 Å². The number of halogens is 1. The van der Waals surface area contributed by atoms with Gasteiger partial charge in [0, 0.05) is 10.8 Å². The Kier molecular flexibility index (Phi) is 2.44. The van der Waals surface area contributed by atoms with Gasteiger partial charge in [-0.25, -0.2) is 4.98 Å². The molecule has 0 saturated carbocycles. The van der Waals surface area contributed by atoms with E-state index in [1.165, 1.54) is 0 Å². The zero-order valence-electron chi connectivity index (χ0n) is 10.3. The van der Waals surface area contributed by atoms with Crippen molar-refractivity contribution < 1.29 is 0 Å². The molecule has 0 aliphatic rings. The van der Waals surface area contributed by atoms with Crippen molar-refractivity contribution >= 4 is 33.4 Å². The lowest BCUT2D eigenvalue weighted by molar-refractivity contribution is 1.04. The molecule has 0 spiro atoms. The number of H-pyrrole nitrogens is 1. The number of benzene rings is 2. The summed E-state index contributed by atoms with van der Waals surface area (Å²) in [4.78, 5) is 7.83. The maximum absolute atomic E-state index is 6.09. The van der Waals surface area contributed by atoms with Gasteiger partial charge in [-0.15, -0.1) is 10.2 Å². The van der Waals surface area contributed by atoms with E-state index in [9.17, 15) is 0 Å². The number of imidazole rings is 1. The minimum absolute atomic E-state index is 0.403. The molecular weight excluding hydrogens is 272 g/mol. The highest BCUT2D eigenvalue weighted by Gasteiger charge is 2.12. The Morgan fingerprint density at radius 2 is 1.60 bits per heavy atom. The average molecular weight is 281 g/mol. The normalized spacial score (nSPS) is 11.2. The van der Waals surface area contributed by atoms with Crippen LogP contribution in [0.3, 0.4) is 0 Å². The summed E-state index contributed by atoms with van der Waals surface area (Å²) in [7, 11) is 0. The molecule has 0 radical (unpaired) electrons. The van der Waals surface area contributed by atoms with Gasteiger partial charge in [-0.2, -0.15) is 0 Å². The third-order valence-electron chi connectivity index (χ3n) is 3.26. The largest absolute Gasteiger partial charge is 0.337 e. The van der Waals surface area contributed by atoms with Crippen LogP contribution in [-0.2, 0) is 0 Å². The monoisotopic (exact) mass is 280 g/mol. The number of hydrogen-bond acceptors (Lipinski definition) is 3. The summed E-state index contributed by atoms with van der Waals surface area (Å²) in [6, 6.07) is 15.6. The van der Waals surface area contributed by atoms with E-state index < -0.39 is 0 Å². The molecule has 2 heterocycles. The van der Waals surface area contributed by atoms with Crippen LogP contribution >= 0.6 is 11.6 Å². The third-order valence-corrected chi connectivity index (χ3v) is 3.54. The van der Waals surface area contributed by atoms with E-state index in [1.807, 2.05) is 48.5 Å². The number of rotatable bonds is 1. The fraction of sp³-hybridized carbons (Fsp3) is 0. The molecule has 96 valence electrons. The Balaban J connectivity index is 2.04. The number of aromatic nitrogens is 4. The molecule has 1 N–H and O–H groups in total. The van der Waals surface area contributed by atoms with Crippen LogP contribution in [0.15, 0.2) is 48.5 Å². The number of hydrogen-bond donors (Lipinski definition) is 1. The Hall–Kier alpha value is -2.46. The smallest absolute Gasteiger partial charge is 0.159 e. The number of fused-ring (bicyclic) bond motifs is 2. The summed E-state index contributed by atoms with van der Waals surface area (Å²) in [6.07, 6.45) is 0. The predicted octanol–water partition coefficient (Wildman–Crippen LogP) is 3.83. The van der Waals surface area contributed by atoms with Gasteiger partial charge in [-0.1, -0.05) is 48.0 Å². The molecule has 4 nitrogen and oxygen atoms in total. The number of aromatic amines is 1. The molecule has 0 fully saturated rings. The Morgan fingerprint density at radius 3 is 2.45 bits per heavy atom. The maximum Gasteiger partial charge on any atom is 0.159 e. The van der Waals surface area contributed by atoms with Crippen LogP contribution in [0.2, 0.25) is 5.15 Å². The van der Waals surface area contributed by atoms with Gasteiger partial charge >= 0.3 is 0 Å². The fourth-order valence-electron chi connectivity index (χ4n) is 2.31. The van der Waals surface area contributed by atoms with Crippen LogP contribution in [0.1, 0.15) is 0 Å². The molecule has 4 rings (SSSR count). The quantitative estimate of drug-likeness (QED) is 0.576. The summed E-state index contributed by atoms with van der Waals surface area (Å²) in [5.74, 6) is 0.701. The van der Waals surface area contributed by atoms with Gasteiger partial charge in [0.25, 0.3) is 0 Å². The minimum Gasteiger partial charge on any atom is -0.337 e. The summed E-state index contributed by atoms with van der Waals surface area (Å²) >= 11 is 6.09. The van der Waals surface area contributed by atoms with Crippen LogP contribution in [0.25, 0.3) is 33.3 Å². The zero-order chi connectivity index (χ0) is 13.5. The maximum atomic E-state index is 6.09. The second-order valence-electron chi connectivity index (χ2n) is 4.49. The van der Waals surface area contributed by atoms with E-state index in [0.29, 0.717) is 16.7 Å². The van der Waals surface area contributed by atoms with Gasteiger partial charge in [0.05, 0.1) is 11.0 Å². The second-order valence-corrected chi connectivity index (χ2v) is 4.85. The first kappa shape index (κ1) is 11.4. The van der Waals surface area contributed by atoms with Gasteiger partial charge in [0.2, 0.25) is 0 Å². The molecule has 5 heteroatoms. The summed E-state index contributed by atoms with van der Waals surface area (Å²) in [5, 5.41) is 10.4. The lowest BCUT2D eigenvalue weighted by Crippen LogP contribution is -1.92. The molecule has 4 aromatic rings. The minimum atomic E-state index is 0.403. The standard InChI is InChI=1S/C15H9ClN4/c16-14-10-6-2-1-5-9(10)13(19-20-14)15-17-11-7-3-4-8-12(11)18-15/h1-8H,(H,17,18). The summed E-state index contributed by atoms with van der Waals surface area (Å²) in [5.41, 5.74) is 2.59. The molecule has 0 atom stereocenters. The van der Waals surface area contributed by atoms with Crippen molar-refractivity contribution in [3.05, 3.63) is 53.7 Å². The first-order chi connectivity index (χ1) is 9.83. The van der Waals surface area contributed by atoms with E-state index in [-0.39, 0.29) is 0 Å². The molecule has 20 heavy (non-hydrogen) atoms. The van der Waals surface area contributed by atoms with E-state index in [4.69, 9.17) is 11.6 Å². The molecule has 2 aromatic carbocycles. The highest BCUT2D eigenvalue weighted by molar-refractivity contribution is 6.34. The first-order valence-electron chi connectivity index (χ1n) is 6.19. The molecule has 0 saturated heterocycles. The van der Waals surface area contributed by atoms with Crippen molar-refractivity contribution in [3.63, 3.8) is 0 Å². The lowest BCUT2D eigenvalue weighted by atomic mass is 10.1. The number of nitrogens with zero attached hydrogens (tertiary/aromatic N) is 3. The Morgan fingerprint density at radius 1 is 0.850 bits per heavy atom. The summed E-state index contributed by atoms with van der Waals surface area (Å²) < 4.78 is 0. The molecule has 0 aliphatic heterocycles. The third kappa shape index (κ3) is 1.66. The molecule has 2 aromatic heterocycles. The summed E-state index contributed by atoms with van der Waals surface area (Å²) in [6.45, 7) is 0. The first-order valence-corrected chi connectivity index (χ1v) is 6.57. The van der Waals surface area contributed by atoms with Crippen LogP contribution in [0, 0.1) is 0 Å². The zero-order valence-corrected chi connectivity index (χ0v) is 11.1. The lowest BCUT2D eigenvalue weighted by Gasteiger charge is -2.03. The molecule has 0 unspecified atom stereocenters.